The summed E-state index contributed by atoms with van der Waals surface area (Å²) in [6.45, 7) is 1.78. The summed E-state index contributed by atoms with van der Waals surface area (Å²) in [6.07, 6.45) is -3.20. The molecular weight excluding hydrogens is 358 g/mol. The zero-order valence-corrected chi connectivity index (χ0v) is 15.0. The minimum Gasteiger partial charge on any atom is -0.492 e. The van der Waals surface area contributed by atoms with Crippen LogP contribution in [0.25, 0.3) is 0 Å². The van der Waals surface area contributed by atoms with Crippen molar-refractivity contribution in [1.29, 1.82) is 0 Å². The molecule has 27 heavy (non-hydrogen) atoms. The molecule has 1 aliphatic heterocycles. The van der Waals surface area contributed by atoms with Gasteiger partial charge in [-0.3, -0.25) is 4.90 Å². The van der Waals surface area contributed by atoms with Crippen LogP contribution in [0.4, 0.5) is 17.6 Å². The van der Waals surface area contributed by atoms with Crippen LogP contribution in [0.5, 0.6) is 5.75 Å². The molecular formula is C21H23F4NO. The fraction of sp³-hybridized carbons (Fsp3) is 0.429. The zero-order chi connectivity index (χ0) is 19.3. The SMILES string of the molecule is FC1(Cc2ccccc2)CCN(CCOc2ccccc2C(F)(F)F)CC1. The highest BCUT2D eigenvalue weighted by atomic mass is 19.4. The van der Waals surface area contributed by atoms with Gasteiger partial charge in [0.2, 0.25) is 0 Å². The third-order valence-electron chi connectivity index (χ3n) is 4.97. The molecule has 146 valence electrons. The first-order valence-corrected chi connectivity index (χ1v) is 9.10. The molecule has 3 rings (SSSR count). The van der Waals surface area contributed by atoms with E-state index >= 15 is 4.39 Å². The lowest BCUT2D eigenvalue weighted by Gasteiger charge is -2.36. The monoisotopic (exact) mass is 381 g/mol. The van der Waals surface area contributed by atoms with Crippen molar-refractivity contribution in [2.75, 3.05) is 26.2 Å². The minimum atomic E-state index is -4.44. The summed E-state index contributed by atoms with van der Waals surface area (Å²) in [4.78, 5) is 2.04. The van der Waals surface area contributed by atoms with Crippen molar-refractivity contribution in [2.24, 2.45) is 0 Å². The molecule has 2 aromatic rings. The van der Waals surface area contributed by atoms with Crippen molar-refractivity contribution >= 4 is 0 Å². The van der Waals surface area contributed by atoms with E-state index in [1.807, 2.05) is 35.2 Å². The number of para-hydroxylation sites is 1. The van der Waals surface area contributed by atoms with Crippen LogP contribution in [-0.2, 0) is 12.6 Å². The Balaban J connectivity index is 1.47. The third-order valence-corrected chi connectivity index (χ3v) is 4.97. The molecule has 0 unspecified atom stereocenters. The summed E-state index contributed by atoms with van der Waals surface area (Å²) >= 11 is 0. The van der Waals surface area contributed by atoms with Gasteiger partial charge in [0.05, 0.1) is 5.56 Å². The van der Waals surface area contributed by atoms with Crippen molar-refractivity contribution in [2.45, 2.75) is 31.1 Å². The predicted molar refractivity (Wildman–Crippen MR) is 96.6 cm³/mol. The first-order valence-electron chi connectivity index (χ1n) is 9.10. The number of likely N-dealkylation sites (tertiary alicyclic amines) is 1. The molecule has 6 heteroatoms. The Morgan fingerprint density at radius 3 is 2.22 bits per heavy atom. The molecule has 0 aromatic heterocycles. The van der Waals surface area contributed by atoms with E-state index in [-0.39, 0.29) is 12.4 Å². The van der Waals surface area contributed by atoms with Gasteiger partial charge in [-0.15, -0.1) is 0 Å². The number of piperidine rings is 1. The lowest BCUT2D eigenvalue weighted by molar-refractivity contribution is -0.139. The Morgan fingerprint density at radius 2 is 1.56 bits per heavy atom. The number of hydrogen-bond acceptors (Lipinski definition) is 2. The highest BCUT2D eigenvalue weighted by Gasteiger charge is 2.35. The number of ether oxygens (including phenoxy) is 1. The Morgan fingerprint density at radius 1 is 0.926 bits per heavy atom. The van der Waals surface area contributed by atoms with Crippen molar-refractivity contribution in [3.63, 3.8) is 0 Å². The number of hydrogen-bond donors (Lipinski definition) is 0. The molecule has 1 heterocycles. The summed E-state index contributed by atoms with van der Waals surface area (Å²) in [7, 11) is 0. The van der Waals surface area contributed by atoms with Gasteiger partial charge in [0.15, 0.2) is 0 Å². The molecule has 0 saturated carbocycles. The van der Waals surface area contributed by atoms with Crippen molar-refractivity contribution in [3.05, 3.63) is 65.7 Å². The molecule has 0 N–H and O–H groups in total. The van der Waals surface area contributed by atoms with Gasteiger partial charge in [-0.2, -0.15) is 13.2 Å². The molecule has 2 nitrogen and oxygen atoms in total. The van der Waals surface area contributed by atoms with Gasteiger partial charge in [0.25, 0.3) is 0 Å². The van der Waals surface area contributed by atoms with E-state index in [0.29, 0.717) is 38.9 Å². The van der Waals surface area contributed by atoms with Crippen molar-refractivity contribution in [1.82, 2.24) is 4.90 Å². The van der Waals surface area contributed by atoms with Gasteiger partial charge in [-0.05, 0) is 30.5 Å². The average molecular weight is 381 g/mol. The second-order valence-corrected chi connectivity index (χ2v) is 7.00. The Kier molecular flexibility index (Phi) is 6.05. The standard InChI is InChI=1S/C21H23F4NO/c22-20(16-17-6-2-1-3-7-17)10-12-26(13-11-20)14-15-27-19-9-5-4-8-18(19)21(23,24)25/h1-9H,10-16H2. The molecule has 0 bridgehead atoms. The van der Waals surface area contributed by atoms with Crippen molar-refractivity contribution < 1.29 is 22.3 Å². The van der Waals surface area contributed by atoms with Gasteiger partial charge in [0, 0.05) is 26.1 Å². The smallest absolute Gasteiger partial charge is 0.419 e. The van der Waals surface area contributed by atoms with Gasteiger partial charge >= 0.3 is 6.18 Å². The first kappa shape index (κ1) is 19.7. The maximum absolute atomic E-state index is 15.0. The zero-order valence-electron chi connectivity index (χ0n) is 15.0. The van der Waals surface area contributed by atoms with E-state index in [2.05, 4.69) is 0 Å². The lowest BCUT2D eigenvalue weighted by atomic mass is 9.87. The topological polar surface area (TPSA) is 12.5 Å². The van der Waals surface area contributed by atoms with E-state index in [4.69, 9.17) is 4.74 Å². The summed E-state index contributed by atoms with van der Waals surface area (Å²) in [6, 6.07) is 14.8. The van der Waals surface area contributed by atoms with E-state index in [9.17, 15) is 13.2 Å². The van der Waals surface area contributed by atoms with Crippen molar-refractivity contribution in [3.8, 4) is 5.75 Å². The molecule has 0 aliphatic carbocycles. The average Bonchev–Trinajstić information content (AvgIpc) is 2.64. The number of rotatable bonds is 6. The molecule has 1 fully saturated rings. The molecule has 0 radical (unpaired) electrons. The van der Waals surface area contributed by atoms with Crippen LogP contribution in [0.3, 0.4) is 0 Å². The van der Waals surface area contributed by atoms with Crippen LogP contribution >= 0.6 is 0 Å². The quantitative estimate of drug-likeness (QED) is 0.643. The maximum atomic E-state index is 15.0. The molecule has 2 aromatic carbocycles. The predicted octanol–water partition coefficient (Wildman–Crippen LogP) is 5.13. The van der Waals surface area contributed by atoms with Gasteiger partial charge in [-0.25, -0.2) is 4.39 Å². The molecule has 1 saturated heterocycles. The normalized spacial score (nSPS) is 17.6. The van der Waals surface area contributed by atoms with E-state index in [0.717, 1.165) is 11.6 Å². The van der Waals surface area contributed by atoms with Crippen LogP contribution < -0.4 is 4.74 Å². The van der Waals surface area contributed by atoms with Gasteiger partial charge < -0.3 is 4.74 Å². The summed E-state index contributed by atoms with van der Waals surface area (Å²) in [5.41, 5.74) is -1.00. The van der Waals surface area contributed by atoms with Crippen LogP contribution in [0, 0.1) is 0 Å². The third kappa shape index (κ3) is 5.45. The Labute approximate surface area is 156 Å². The molecule has 0 atom stereocenters. The molecule has 0 amide bonds. The fourth-order valence-electron chi connectivity index (χ4n) is 3.43. The van der Waals surface area contributed by atoms with Crippen LogP contribution in [-0.4, -0.2) is 36.8 Å². The Bertz CT molecular complexity index is 724. The number of halogens is 4. The molecule has 1 aliphatic rings. The summed E-state index contributed by atoms with van der Waals surface area (Å²) in [5, 5.41) is 0. The Hall–Kier alpha value is -2.08. The van der Waals surface area contributed by atoms with E-state index in [1.54, 1.807) is 0 Å². The highest BCUT2D eigenvalue weighted by Crippen LogP contribution is 2.36. The summed E-state index contributed by atoms with van der Waals surface area (Å²) in [5.74, 6) is -0.161. The highest BCUT2D eigenvalue weighted by molar-refractivity contribution is 5.35. The van der Waals surface area contributed by atoms with Crippen LogP contribution in [0.1, 0.15) is 24.0 Å². The minimum absolute atomic E-state index is 0.144. The first-order chi connectivity index (χ1) is 12.9. The lowest BCUT2D eigenvalue weighted by Crippen LogP contribution is -2.44. The van der Waals surface area contributed by atoms with Crippen LogP contribution in [0.2, 0.25) is 0 Å². The van der Waals surface area contributed by atoms with E-state index < -0.39 is 17.4 Å². The molecule has 0 spiro atoms. The number of nitrogens with zero attached hydrogens (tertiary/aromatic N) is 1. The summed E-state index contributed by atoms with van der Waals surface area (Å²) < 4.78 is 59.3. The van der Waals surface area contributed by atoms with E-state index in [1.165, 1.54) is 18.2 Å². The second-order valence-electron chi connectivity index (χ2n) is 7.00. The largest absolute Gasteiger partial charge is 0.492 e. The fourth-order valence-corrected chi connectivity index (χ4v) is 3.43. The van der Waals surface area contributed by atoms with Gasteiger partial charge in [0.1, 0.15) is 18.0 Å². The number of alkyl halides is 4. The van der Waals surface area contributed by atoms with Gasteiger partial charge in [-0.1, -0.05) is 42.5 Å². The van der Waals surface area contributed by atoms with Crippen LogP contribution in [0.15, 0.2) is 54.6 Å². The number of benzene rings is 2. The maximum Gasteiger partial charge on any atom is 0.419 e. The second kappa shape index (κ2) is 8.30.